The second-order valence-corrected chi connectivity index (χ2v) is 5.87. The fraction of sp³-hybridized carbons (Fsp3) is 0.312. The number of hydrogen-bond acceptors (Lipinski definition) is 5. The van der Waals surface area contributed by atoms with E-state index in [1.165, 1.54) is 5.56 Å². The van der Waals surface area contributed by atoms with E-state index in [0.717, 1.165) is 34.4 Å². The summed E-state index contributed by atoms with van der Waals surface area (Å²) in [6.45, 7) is 3.47. The van der Waals surface area contributed by atoms with Crippen LogP contribution < -0.4 is 5.32 Å². The molecule has 0 saturated heterocycles. The lowest BCUT2D eigenvalue weighted by atomic mass is 9.99. The Morgan fingerprint density at radius 2 is 2.17 bits per heavy atom. The summed E-state index contributed by atoms with van der Waals surface area (Å²) in [5, 5.41) is 10.9. The van der Waals surface area contributed by atoms with Crippen LogP contribution in [-0.4, -0.2) is 42.6 Å². The van der Waals surface area contributed by atoms with Crippen molar-refractivity contribution in [3.63, 3.8) is 0 Å². The molecule has 24 heavy (non-hydrogen) atoms. The van der Waals surface area contributed by atoms with Crippen LogP contribution in [0.15, 0.2) is 24.8 Å². The molecule has 2 N–H and O–H groups in total. The summed E-state index contributed by atoms with van der Waals surface area (Å²) in [4.78, 5) is 27.0. The van der Waals surface area contributed by atoms with Crippen molar-refractivity contribution in [1.29, 1.82) is 0 Å². The van der Waals surface area contributed by atoms with Gasteiger partial charge in [-0.15, -0.1) is 0 Å². The maximum Gasteiger partial charge on any atom is 0.318 e. The predicted molar refractivity (Wildman–Crippen MR) is 87.0 cm³/mol. The van der Waals surface area contributed by atoms with E-state index in [9.17, 15) is 4.79 Å². The maximum absolute atomic E-state index is 12.4. The van der Waals surface area contributed by atoms with Crippen LogP contribution in [0.4, 0.5) is 4.79 Å². The highest BCUT2D eigenvalue weighted by Crippen LogP contribution is 2.24. The lowest BCUT2D eigenvalue weighted by Crippen LogP contribution is -2.42. The van der Waals surface area contributed by atoms with Crippen LogP contribution >= 0.6 is 0 Å². The van der Waals surface area contributed by atoms with Crippen molar-refractivity contribution in [2.45, 2.75) is 26.4 Å². The van der Waals surface area contributed by atoms with Gasteiger partial charge in [-0.2, -0.15) is 5.10 Å². The lowest BCUT2D eigenvalue weighted by Gasteiger charge is -2.29. The van der Waals surface area contributed by atoms with E-state index in [1.807, 2.05) is 13.1 Å². The van der Waals surface area contributed by atoms with Crippen LogP contribution in [0, 0.1) is 6.92 Å². The number of aromatic nitrogens is 5. The number of fused-ring (bicyclic) bond motifs is 3. The van der Waals surface area contributed by atoms with Gasteiger partial charge in [-0.05, 0) is 24.5 Å². The minimum absolute atomic E-state index is 0.102. The summed E-state index contributed by atoms with van der Waals surface area (Å²) in [7, 11) is 0. The molecular weight excluding hydrogens is 306 g/mol. The Bertz CT molecular complexity index is 887. The van der Waals surface area contributed by atoms with Gasteiger partial charge in [0.15, 0.2) is 5.65 Å². The molecule has 0 aromatic carbocycles. The highest BCUT2D eigenvalue weighted by atomic mass is 16.2. The second-order valence-electron chi connectivity index (χ2n) is 5.87. The zero-order valence-corrected chi connectivity index (χ0v) is 13.3. The Morgan fingerprint density at radius 3 is 3.00 bits per heavy atom. The van der Waals surface area contributed by atoms with E-state index in [0.29, 0.717) is 19.6 Å². The van der Waals surface area contributed by atoms with Gasteiger partial charge in [-0.25, -0.2) is 9.78 Å². The molecule has 0 atom stereocenters. The van der Waals surface area contributed by atoms with E-state index in [-0.39, 0.29) is 6.03 Å². The van der Waals surface area contributed by atoms with Gasteiger partial charge in [0.05, 0.1) is 30.3 Å². The van der Waals surface area contributed by atoms with Gasteiger partial charge in [-0.1, -0.05) is 0 Å². The van der Waals surface area contributed by atoms with Crippen LogP contribution in [0.1, 0.15) is 22.5 Å². The second kappa shape index (κ2) is 5.88. The highest BCUT2D eigenvalue weighted by Gasteiger charge is 2.23. The Labute approximate surface area is 138 Å². The van der Waals surface area contributed by atoms with Crippen molar-refractivity contribution >= 4 is 17.1 Å². The fourth-order valence-electron chi connectivity index (χ4n) is 2.92. The molecular formula is C16H17N7O. The molecule has 0 spiro atoms. The number of pyridine rings is 1. The van der Waals surface area contributed by atoms with Crippen molar-refractivity contribution in [3.05, 3.63) is 47.3 Å². The van der Waals surface area contributed by atoms with Gasteiger partial charge in [-0.3, -0.25) is 15.1 Å². The highest BCUT2D eigenvalue weighted by molar-refractivity contribution is 5.80. The molecule has 2 amide bonds. The standard InChI is InChI=1S/C16H17N7O/c1-10-4-18-12(6-17-10)7-20-16(24)23-3-2-13-11(9-23)5-19-15-14(13)8-21-22-15/h4-6,8H,2-3,7,9H2,1H3,(H,20,24)(H,19,21,22). The summed E-state index contributed by atoms with van der Waals surface area (Å²) >= 11 is 0. The number of nitrogens with one attached hydrogen (secondary N) is 2. The molecule has 0 bridgehead atoms. The number of rotatable bonds is 2. The molecule has 4 heterocycles. The molecule has 8 nitrogen and oxygen atoms in total. The third kappa shape index (κ3) is 2.66. The number of amides is 2. The monoisotopic (exact) mass is 323 g/mol. The normalized spacial score (nSPS) is 13.8. The number of hydrogen-bond donors (Lipinski definition) is 2. The first-order chi connectivity index (χ1) is 11.7. The van der Waals surface area contributed by atoms with Crippen LogP contribution in [0.2, 0.25) is 0 Å². The minimum Gasteiger partial charge on any atom is -0.332 e. The van der Waals surface area contributed by atoms with Gasteiger partial charge in [0, 0.05) is 30.9 Å². The van der Waals surface area contributed by atoms with Crippen LogP contribution in [0.25, 0.3) is 11.0 Å². The number of carbonyl (C=O) groups excluding carboxylic acids is 1. The largest absolute Gasteiger partial charge is 0.332 e. The Morgan fingerprint density at radius 1 is 1.25 bits per heavy atom. The van der Waals surface area contributed by atoms with Crippen molar-refractivity contribution in [3.8, 4) is 0 Å². The topological polar surface area (TPSA) is 99.7 Å². The first kappa shape index (κ1) is 14.6. The molecule has 3 aromatic heterocycles. The molecule has 4 rings (SSSR count). The molecule has 1 aliphatic rings. The van der Waals surface area contributed by atoms with Gasteiger partial charge in [0.25, 0.3) is 0 Å². The van der Waals surface area contributed by atoms with E-state index < -0.39 is 0 Å². The van der Waals surface area contributed by atoms with E-state index >= 15 is 0 Å². The average molecular weight is 323 g/mol. The van der Waals surface area contributed by atoms with Crippen molar-refractivity contribution in [1.82, 2.24) is 35.4 Å². The van der Waals surface area contributed by atoms with Crippen LogP contribution in [-0.2, 0) is 19.5 Å². The first-order valence-electron chi connectivity index (χ1n) is 7.81. The smallest absolute Gasteiger partial charge is 0.318 e. The average Bonchev–Trinajstić information content (AvgIpc) is 3.09. The quantitative estimate of drug-likeness (QED) is 0.741. The maximum atomic E-state index is 12.4. The molecule has 1 aliphatic heterocycles. The third-order valence-electron chi connectivity index (χ3n) is 4.22. The number of urea groups is 1. The molecule has 0 saturated carbocycles. The van der Waals surface area contributed by atoms with Gasteiger partial charge < -0.3 is 10.2 Å². The van der Waals surface area contributed by atoms with Gasteiger partial charge in [0.1, 0.15) is 0 Å². The Hall–Kier alpha value is -3.03. The molecule has 3 aromatic rings. The molecule has 122 valence electrons. The number of H-pyrrole nitrogens is 1. The first-order valence-corrected chi connectivity index (χ1v) is 7.81. The van der Waals surface area contributed by atoms with Gasteiger partial charge >= 0.3 is 6.03 Å². The van der Waals surface area contributed by atoms with E-state index in [4.69, 9.17) is 0 Å². The summed E-state index contributed by atoms with van der Waals surface area (Å²) in [6, 6.07) is -0.102. The summed E-state index contributed by atoms with van der Waals surface area (Å²) in [6.07, 6.45) is 7.79. The molecule has 0 unspecified atom stereocenters. The number of nitrogens with zero attached hydrogens (tertiary/aromatic N) is 5. The third-order valence-corrected chi connectivity index (χ3v) is 4.22. The zero-order valence-electron chi connectivity index (χ0n) is 13.3. The SMILES string of the molecule is Cc1cnc(CNC(=O)N2CCc3c(cnc4[nH]ncc34)C2)cn1. The zero-order chi connectivity index (χ0) is 16.5. The molecule has 0 radical (unpaired) electrons. The Balaban J connectivity index is 1.44. The van der Waals surface area contributed by atoms with Gasteiger partial charge in [0.2, 0.25) is 0 Å². The summed E-state index contributed by atoms with van der Waals surface area (Å²) in [5.41, 5.74) is 4.69. The van der Waals surface area contributed by atoms with E-state index in [1.54, 1.807) is 23.5 Å². The number of aryl methyl sites for hydroxylation is 1. The molecule has 0 aliphatic carbocycles. The Kier molecular flexibility index (Phi) is 3.56. The summed E-state index contributed by atoms with van der Waals surface area (Å²) < 4.78 is 0. The minimum atomic E-state index is -0.102. The fourth-order valence-corrected chi connectivity index (χ4v) is 2.92. The van der Waals surface area contributed by atoms with E-state index in [2.05, 4.69) is 30.5 Å². The summed E-state index contributed by atoms with van der Waals surface area (Å²) in [5.74, 6) is 0. The lowest BCUT2D eigenvalue weighted by molar-refractivity contribution is 0.192. The van der Waals surface area contributed by atoms with Crippen LogP contribution in [0.5, 0.6) is 0 Å². The van der Waals surface area contributed by atoms with Crippen LogP contribution in [0.3, 0.4) is 0 Å². The van der Waals surface area contributed by atoms with Crippen molar-refractivity contribution in [2.24, 2.45) is 0 Å². The predicted octanol–water partition coefficient (Wildman–Crippen LogP) is 1.32. The molecule has 0 fully saturated rings. The van der Waals surface area contributed by atoms with Crippen molar-refractivity contribution < 1.29 is 4.79 Å². The van der Waals surface area contributed by atoms with Crippen molar-refractivity contribution in [2.75, 3.05) is 6.54 Å². The number of carbonyl (C=O) groups is 1. The number of aromatic amines is 1. The molecule has 8 heteroatoms.